The fourth-order valence-electron chi connectivity index (χ4n) is 1.33. The van der Waals surface area contributed by atoms with E-state index in [2.05, 4.69) is 27.7 Å². The van der Waals surface area contributed by atoms with E-state index in [-0.39, 0.29) is 11.7 Å². The van der Waals surface area contributed by atoms with Crippen molar-refractivity contribution >= 4 is 11.6 Å². The monoisotopic (exact) mass is 212 g/mol. The van der Waals surface area contributed by atoms with Gasteiger partial charge in [0.25, 0.3) is 0 Å². The summed E-state index contributed by atoms with van der Waals surface area (Å²) in [5.74, 6) is 0. The van der Waals surface area contributed by atoms with E-state index in [1.807, 2.05) is 24.3 Å². The van der Waals surface area contributed by atoms with Gasteiger partial charge in [-0.2, -0.15) is 0 Å². The normalized spacial score (nSPS) is 14.1. The van der Waals surface area contributed by atoms with E-state index in [9.17, 15) is 0 Å². The maximum absolute atomic E-state index is 5.82. The molecule has 1 atom stereocenters. The second-order valence-corrected chi connectivity index (χ2v) is 4.86. The largest absolute Gasteiger partial charge is 0.368 e. The van der Waals surface area contributed by atoms with Crippen LogP contribution in [-0.2, 0) is 4.74 Å². The molecule has 0 aliphatic heterocycles. The van der Waals surface area contributed by atoms with Gasteiger partial charge < -0.3 is 4.74 Å². The summed E-state index contributed by atoms with van der Waals surface area (Å²) in [4.78, 5) is 0. The summed E-state index contributed by atoms with van der Waals surface area (Å²) in [5, 5.41) is 0.761. The Balaban J connectivity index is 2.70. The van der Waals surface area contributed by atoms with Crippen LogP contribution in [0, 0.1) is 0 Å². The molecule has 0 aromatic heterocycles. The van der Waals surface area contributed by atoms with E-state index >= 15 is 0 Å². The summed E-state index contributed by atoms with van der Waals surface area (Å²) in [5.41, 5.74) is 1.04. The molecule has 0 heterocycles. The van der Waals surface area contributed by atoms with Crippen molar-refractivity contribution in [3.8, 4) is 0 Å². The van der Waals surface area contributed by atoms with Gasteiger partial charge in [-0.05, 0) is 45.4 Å². The van der Waals surface area contributed by atoms with Gasteiger partial charge in [0.05, 0.1) is 11.7 Å². The van der Waals surface area contributed by atoms with Crippen molar-refractivity contribution in [1.29, 1.82) is 0 Å². The predicted octanol–water partition coefficient (Wildman–Crippen LogP) is 4.22. The Kier molecular flexibility index (Phi) is 3.57. The number of hydrogen-bond acceptors (Lipinski definition) is 1. The Morgan fingerprint density at radius 1 is 1.14 bits per heavy atom. The number of halogens is 1. The highest BCUT2D eigenvalue weighted by atomic mass is 35.5. The number of hydrogen-bond donors (Lipinski definition) is 0. The molecule has 0 N–H and O–H groups in total. The standard InChI is InChI=1S/C12H17ClO/c1-9(14-12(2,3)4)10-5-7-11(13)8-6-10/h5-9H,1-4H3. The van der Waals surface area contributed by atoms with E-state index in [0.717, 1.165) is 10.6 Å². The Bertz CT molecular complexity index is 284. The van der Waals surface area contributed by atoms with Crippen LogP contribution in [0.3, 0.4) is 0 Å². The lowest BCUT2D eigenvalue weighted by Crippen LogP contribution is -2.21. The molecule has 0 aliphatic carbocycles. The maximum Gasteiger partial charge on any atom is 0.0803 e. The van der Waals surface area contributed by atoms with Crippen LogP contribution in [0.4, 0.5) is 0 Å². The smallest absolute Gasteiger partial charge is 0.0803 e. The van der Waals surface area contributed by atoms with Gasteiger partial charge in [-0.1, -0.05) is 23.7 Å². The summed E-state index contributed by atoms with van der Waals surface area (Å²) in [7, 11) is 0. The zero-order chi connectivity index (χ0) is 10.8. The Morgan fingerprint density at radius 3 is 2.07 bits per heavy atom. The van der Waals surface area contributed by atoms with Crippen molar-refractivity contribution in [3.63, 3.8) is 0 Å². The minimum atomic E-state index is -0.112. The quantitative estimate of drug-likeness (QED) is 0.714. The molecule has 2 heteroatoms. The van der Waals surface area contributed by atoms with Gasteiger partial charge in [0.2, 0.25) is 0 Å². The summed E-state index contributed by atoms with van der Waals surface area (Å²) in [6, 6.07) is 7.77. The first-order valence-electron chi connectivity index (χ1n) is 4.82. The SMILES string of the molecule is CC(OC(C)(C)C)c1ccc(Cl)cc1. The van der Waals surface area contributed by atoms with Gasteiger partial charge >= 0.3 is 0 Å². The van der Waals surface area contributed by atoms with Crippen molar-refractivity contribution in [2.24, 2.45) is 0 Å². The minimum Gasteiger partial charge on any atom is -0.368 e. The minimum absolute atomic E-state index is 0.104. The second-order valence-electron chi connectivity index (χ2n) is 4.42. The summed E-state index contributed by atoms with van der Waals surface area (Å²) < 4.78 is 5.82. The molecule has 1 nitrogen and oxygen atoms in total. The van der Waals surface area contributed by atoms with Gasteiger partial charge in [-0.3, -0.25) is 0 Å². The molecule has 0 bridgehead atoms. The Hall–Kier alpha value is -0.530. The van der Waals surface area contributed by atoms with Crippen LogP contribution in [0.1, 0.15) is 39.4 Å². The Morgan fingerprint density at radius 2 is 1.64 bits per heavy atom. The fourth-order valence-corrected chi connectivity index (χ4v) is 1.46. The molecule has 14 heavy (non-hydrogen) atoms. The summed E-state index contributed by atoms with van der Waals surface area (Å²) in [6.07, 6.45) is 0.104. The van der Waals surface area contributed by atoms with Gasteiger partial charge in [0.1, 0.15) is 0 Å². The molecule has 0 radical (unpaired) electrons. The number of benzene rings is 1. The van der Waals surface area contributed by atoms with E-state index in [1.165, 1.54) is 0 Å². The third kappa shape index (κ3) is 3.69. The van der Waals surface area contributed by atoms with E-state index < -0.39 is 0 Å². The van der Waals surface area contributed by atoms with Crippen molar-refractivity contribution in [1.82, 2.24) is 0 Å². The third-order valence-electron chi connectivity index (χ3n) is 1.87. The number of ether oxygens (including phenoxy) is 1. The van der Waals surface area contributed by atoms with Crippen LogP contribution < -0.4 is 0 Å². The van der Waals surface area contributed by atoms with Crippen LogP contribution in [0.25, 0.3) is 0 Å². The van der Waals surface area contributed by atoms with E-state index in [4.69, 9.17) is 16.3 Å². The highest BCUT2D eigenvalue weighted by Gasteiger charge is 2.16. The molecular formula is C12H17ClO. The third-order valence-corrected chi connectivity index (χ3v) is 2.12. The summed E-state index contributed by atoms with van der Waals surface area (Å²) in [6.45, 7) is 8.22. The highest BCUT2D eigenvalue weighted by molar-refractivity contribution is 6.30. The van der Waals surface area contributed by atoms with Gasteiger partial charge in [-0.25, -0.2) is 0 Å². The zero-order valence-corrected chi connectivity index (χ0v) is 9.93. The molecule has 0 spiro atoms. The zero-order valence-electron chi connectivity index (χ0n) is 9.17. The molecule has 1 aromatic carbocycles. The van der Waals surface area contributed by atoms with Crippen molar-refractivity contribution in [2.45, 2.75) is 39.4 Å². The van der Waals surface area contributed by atoms with Crippen LogP contribution in [0.2, 0.25) is 5.02 Å². The van der Waals surface area contributed by atoms with Crippen LogP contribution in [0.15, 0.2) is 24.3 Å². The molecule has 1 rings (SSSR count). The van der Waals surface area contributed by atoms with Gasteiger partial charge in [0, 0.05) is 5.02 Å². The molecule has 0 saturated carbocycles. The predicted molar refractivity (Wildman–Crippen MR) is 60.7 cm³/mol. The lowest BCUT2D eigenvalue weighted by molar-refractivity contribution is -0.0529. The van der Waals surface area contributed by atoms with E-state index in [1.54, 1.807) is 0 Å². The fraction of sp³-hybridized carbons (Fsp3) is 0.500. The topological polar surface area (TPSA) is 9.23 Å². The Labute approximate surface area is 91.0 Å². The molecule has 0 fully saturated rings. The molecular weight excluding hydrogens is 196 g/mol. The average molecular weight is 213 g/mol. The van der Waals surface area contributed by atoms with Crippen molar-refractivity contribution < 1.29 is 4.74 Å². The molecule has 0 saturated heterocycles. The number of rotatable bonds is 2. The van der Waals surface area contributed by atoms with Crippen molar-refractivity contribution in [3.05, 3.63) is 34.9 Å². The van der Waals surface area contributed by atoms with Crippen LogP contribution in [-0.4, -0.2) is 5.60 Å². The first-order chi connectivity index (χ1) is 6.38. The first-order valence-corrected chi connectivity index (χ1v) is 5.19. The summed E-state index contributed by atoms with van der Waals surface area (Å²) >= 11 is 5.81. The van der Waals surface area contributed by atoms with Gasteiger partial charge in [-0.15, -0.1) is 0 Å². The molecule has 1 unspecified atom stereocenters. The maximum atomic E-state index is 5.82. The van der Waals surface area contributed by atoms with Gasteiger partial charge in [0.15, 0.2) is 0 Å². The molecule has 0 amide bonds. The molecule has 1 aromatic rings. The molecule has 78 valence electrons. The first kappa shape index (κ1) is 11.5. The van der Waals surface area contributed by atoms with Crippen molar-refractivity contribution in [2.75, 3.05) is 0 Å². The highest BCUT2D eigenvalue weighted by Crippen LogP contribution is 2.24. The van der Waals surface area contributed by atoms with Crippen LogP contribution >= 0.6 is 11.6 Å². The lowest BCUT2D eigenvalue weighted by Gasteiger charge is -2.25. The van der Waals surface area contributed by atoms with Crippen LogP contribution in [0.5, 0.6) is 0 Å². The van der Waals surface area contributed by atoms with E-state index in [0.29, 0.717) is 0 Å². The lowest BCUT2D eigenvalue weighted by atomic mass is 10.1. The second kappa shape index (κ2) is 4.33. The molecule has 0 aliphatic rings. The average Bonchev–Trinajstić information content (AvgIpc) is 2.02.